The fourth-order valence-electron chi connectivity index (χ4n) is 2.28. The van der Waals surface area contributed by atoms with E-state index in [1.165, 1.54) is 18.2 Å². The van der Waals surface area contributed by atoms with E-state index in [1.807, 2.05) is 0 Å². The lowest BCUT2D eigenvalue weighted by molar-refractivity contribution is -0.131. The summed E-state index contributed by atoms with van der Waals surface area (Å²) in [6.07, 6.45) is 4.35. The molecule has 1 aromatic rings. The zero-order valence-corrected chi connectivity index (χ0v) is 11.8. The Labute approximate surface area is 123 Å². The van der Waals surface area contributed by atoms with Crippen LogP contribution < -0.4 is 0 Å². The smallest absolute Gasteiger partial charge is 0.328 e. The van der Waals surface area contributed by atoms with Gasteiger partial charge in [0, 0.05) is 19.3 Å². The van der Waals surface area contributed by atoms with Crippen LogP contribution in [0, 0.1) is 11.7 Å². The van der Waals surface area contributed by atoms with Crippen molar-refractivity contribution in [3.63, 3.8) is 0 Å². The summed E-state index contributed by atoms with van der Waals surface area (Å²) in [5.41, 5.74) is 1.22. The molecule has 1 aliphatic heterocycles. The van der Waals surface area contributed by atoms with E-state index >= 15 is 0 Å². The van der Waals surface area contributed by atoms with Crippen LogP contribution in [-0.2, 0) is 20.9 Å². The van der Waals surface area contributed by atoms with Crippen molar-refractivity contribution in [2.75, 3.05) is 19.8 Å². The van der Waals surface area contributed by atoms with E-state index < -0.39 is 11.8 Å². The van der Waals surface area contributed by atoms with Crippen LogP contribution in [0.15, 0.2) is 24.3 Å². The second kappa shape index (κ2) is 7.90. The quantitative estimate of drug-likeness (QED) is 0.820. The van der Waals surface area contributed by atoms with Crippen molar-refractivity contribution >= 4 is 12.0 Å². The van der Waals surface area contributed by atoms with E-state index in [0.29, 0.717) is 30.3 Å². The zero-order chi connectivity index (χ0) is 15.1. The van der Waals surface area contributed by atoms with Crippen LogP contribution in [0.3, 0.4) is 0 Å². The number of aliphatic carboxylic acids is 1. The first-order valence-corrected chi connectivity index (χ1v) is 6.99. The van der Waals surface area contributed by atoms with Crippen LogP contribution in [0.2, 0.25) is 0 Å². The van der Waals surface area contributed by atoms with Crippen LogP contribution in [0.25, 0.3) is 6.08 Å². The molecule has 1 aliphatic rings. The molecule has 0 radical (unpaired) electrons. The lowest BCUT2D eigenvalue weighted by Crippen LogP contribution is -2.20. The molecule has 1 saturated heterocycles. The molecular weight excluding hydrogens is 275 g/mol. The summed E-state index contributed by atoms with van der Waals surface area (Å²) in [5, 5.41) is 8.58. The van der Waals surface area contributed by atoms with Crippen molar-refractivity contribution in [1.82, 2.24) is 0 Å². The maximum Gasteiger partial charge on any atom is 0.328 e. The number of hydrogen-bond acceptors (Lipinski definition) is 3. The third-order valence-corrected chi connectivity index (χ3v) is 3.36. The molecule has 0 atom stereocenters. The molecule has 2 rings (SSSR count). The van der Waals surface area contributed by atoms with Gasteiger partial charge < -0.3 is 14.6 Å². The van der Waals surface area contributed by atoms with Crippen molar-refractivity contribution in [2.24, 2.45) is 5.92 Å². The van der Waals surface area contributed by atoms with Gasteiger partial charge in [-0.25, -0.2) is 9.18 Å². The standard InChI is InChI=1S/C16H19FO4/c17-15-8-13(1-2-16(18)19)7-14(9-15)11-21-10-12-3-5-20-6-4-12/h1-2,7-9,12H,3-6,10-11H2,(H,18,19). The van der Waals surface area contributed by atoms with Crippen LogP contribution >= 0.6 is 0 Å². The Hall–Kier alpha value is -1.72. The fraction of sp³-hybridized carbons (Fsp3) is 0.438. The Morgan fingerprint density at radius 1 is 1.38 bits per heavy atom. The summed E-state index contributed by atoms with van der Waals surface area (Å²) in [6.45, 7) is 2.51. The zero-order valence-electron chi connectivity index (χ0n) is 11.8. The normalized spacial score (nSPS) is 16.4. The number of carboxylic acids is 1. The number of carbonyl (C=O) groups is 1. The molecule has 0 aromatic heterocycles. The summed E-state index contributed by atoms with van der Waals surface area (Å²) in [4.78, 5) is 10.5. The van der Waals surface area contributed by atoms with Gasteiger partial charge in [0.15, 0.2) is 0 Å². The predicted octanol–water partition coefficient (Wildman–Crippen LogP) is 2.87. The van der Waals surface area contributed by atoms with E-state index in [-0.39, 0.29) is 0 Å². The molecule has 0 spiro atoms. The minimum Gasteiger partial charge on any atom is -0.478 e. The van der Waals surface area contributed by atoms with Gasteiger partial charge in [-0.2, -0.15) is 0 Å². The number of benzene rings is 1. The molecule has 21 heavy (non-hydrogen) atoms. The predicted molar refractivity (Wildman–Crippen MR) is 76.3 cm³/mol. The van der Waals surface area contributed by atoms with Crippen molar-refractivity contribution < 1.29 is 23.8 Å². The maximum atomic E-state index is 13.5. The Kier molecular flexibility index (Phi) is 5.90. The highest BCUT2D eigenvalue weighted by Crippen LogP contribution is 2.17. The van der Waals surface area contributed by atoms with E-state index in [2.05, 4.69) is 0 Å². The largest absolute Gasteiger partial charge is 0.478 e. The molecule has 0 amide bonds. The van der Waals surface area contributed by atoms with Gasteiger partial charge >= 0.3 is 5.97 Å². The summed E-state index contributed by atoms with van der Waals surface area (Å²) in [6, 6.07) is 4.43. The van der Waals surface area contributed by atoms with E-state index in [4.69, 9.17) is 14.6 Å². The van der Waals surface area contributed by atoms with Gasteiger partial charge in [0.25, 0.3) is 0 Å². The third kappa shape index (κ3) is 5.65. The fourth-order valence-corrected chi connectivity index (χ4v) is 2.28. The van der Waals surface area contributed by atoms with Gasteiger partial charge in [-0.05, 0) is 54.2 Å². The Morgan fingerprint density at radius 2 is 2.14 bits per heavy atom. The van der Waals surface area contributed by atoms with Crippen LogP contribution in [-0.4, -0.2) is 30.9 Å². The second-order valence-electron chi connectivity index (χ2n) is 5.14. The topological polar surface area (TPSA) is 55.8 Å². The van der Waals surface area contributed by atoms with Gasteiger partial charge in [-0.15, -0.1) is 0 Å². The summed E-state index contributed by atoms with van der Waals surface area (Å²) in [5.74, 6) is -0.956. The average molecular weight is 294 g/mol. The van der Waals surface area contributed by atoms with Gasteiger partial charge in [-0.3, -0.25) is 0 Å². The molecule has 1 N–H and O–H groups in total. The van der Waals surface area contributed by atoms with Gasteiger partial charge in [0.2, 0.25) is 0 Å². The highest BCUT2D eigenvalue weighted by molar-refractivity contribution is 5.85. The van der Waals surface area contributed by atoms with Crippen LogP contribution in [0.4, 0.5) is 4.39 Å². The Morgan fingerprint density at radius 3 is 2.86 bits per heavy atom. The maximum absolute atomic E-state index is 13.5. The first-order chi connectivity index (χ1) is 10.1. The first kappa shape index (κ1) is 15.7. The molecule has 4 nitrogen and oxygen atoms in total. The molecular formula is C16H19FO4. The molecule has 1 fully saturated rings. The van der Waals surface area contributed by atoms with Gasteiger partial charge in [0.05, 0.1) is 13.2 Å². The highest BCUT2D eigenvalue weighted by Gasteiger charge is 2.13. The third-order valence-electron chi connectivity index (χ3n) is 3.36. The molecule has 0 bridgehead atoms. The number of rotatable bonds is 6. The number of halogens is 1. The second-order valence-corrected chi connectivity index (χ2v) is 5.14. The highest BCUT2D eigenvalue weighted by atomic mass is 19.1. The van der Waals surface area contributed by atoms with Crippen molar-refractivity contribution in [2.45, 2.75) is 19.4 Å². The molecule has 1 heterocycles. The summed E-state index contributed by atoms with van der Waals surface area (Å²) < 4.78 is 24.4. The molecule has 1 aromatic carbocycles. The Balaban J connectivity index is 1.88. The number of hydrogen-bond donors (Lipinski definition) is 1. The molecule has 0 unspecified atom stereocenters. The molecule has 5 heteroatoms. The average Bonchev–Trinajstić information content (AvgIpc) is 2.46. The van der Waals surface area contributed by atoms with Crippen LogP contribution in [0.1, 0.15) is 24.0 Å². The van der Waals surface area contributed by atoms with E-state index in [0.717, 1.165) is 32.1 Å². The Bertz CT molecular complexity index is 507. The minimum absolute atomic E-state index is 0.322. The number of carboxylic acid groups (broad SMARTS) is 1. The van der Waals surface area contributed by atoms with Crippen molar-refractivity contribution in [1.29, 1.82) is 0 Å². The lowest BCUT2D eigenvalue weighted by atomic mass is 10.0. The monoisotopic (exact) mass is 294 g/mol. The van der Waals surface area contributed by atoms with Crippen LogP contribution in [0.5, 0.6) is 0 Å². The van der Waals surface area contributed by atoms with E-state index in [9.17, 15) is 9.18 Å². The van der Waals surface area contributed by atoms with Crippen molar-refractivity contribution in [3.8, 4) is 0 Å². The van der Waals surface area contributed by atoms with Gasteiger partial charge in [-0.1, -0.05) is 0 Å². The SMILES string of the molecule is O=C(O)C=Cc1cc(F)cc(COCC2CCOCC2)c1. The minimum atomic E-state index is -1.06. The number of ether oxygens (including phenoxy) is 2. The van der Waals surface area contributed by atoms with E-state index in [1.54, 1.807) is 6.07 Å². The van der Waals surface area contributed by atoms with Gasteiger partial charge in [0.1, 0.15) is 5.82 Å². The summed E-state index contributed by atoms with van der Waals surface area (Å²) >= 11 is 0. The molecule has 0 aliphatic carbocycles. The summed E-state index contributed by atoms with van der Waals surface area (Å²) in [7, 11) is 0. The molecule has 114 valence electrons. The van der Waals surface area contributed by atoms with Crippen molar-refractivity contribution in [3.05, 3.63) is 41.2 Å². The lowest BCUT2D eigenvalue weighted by Gasteiger charge is -2.21. The molecule has 0 saturated carbocycles. The first-order valence-electron chi connectivity index (χ1n) is 6.99.